The molecule has 32 heavy (non-hydrogen) atoms. The molecule has 2 aromatic carbocycles. The Morgan fingerprint density at radius 3 is 2.41 bits per heavy atom. The lowest BCUT2D eigenvalue weighted by Gasteiger charge is -2.10. The predicted molar refractivity (Wildman–Crippen MR) is 111 cm³/mol. The van der Waals surface area contributed by atoms with E-state index in [9.17, 15) is 18.0 Å². The summed E-state index contributed by atoms with van der Waals surface area (Å²) in [6, 6.07) is 6.12. The Morgan fingerprint density at radius 2 is 1.75 bits per heavy atom. The van der Waals surface area contributed by atoms with E-state index in [4.69, 9.17) is 28.2 Å². The first kappa shape index (κ1) is 21.2. The minimum Gasteiger partial charge on any atom is -0.465 e. The van der Waals surface area contributed by atoms with Gasteiger partial charge in [0, 0.05) is 22.4 Å². The molecular formula is C19H13ClF3N7O2. The van der Waals surface area contributed by atoms with Crippen LogP contribution in [0.5, 0.6) is 0 Å². The normalized spacial score (nSPS) is 11.1. The first-order chi connectivity index (χ1) is 15.2. The molecule has 13 heteroatoms. The van der Waals surface area contributed by atoms with Crippen molar-refractivity contribution >= 4 is 45.9 Å². The summed E-state index contributed by atoms with van der Waals surface area (Å²) in [6.45, 7) is 0. The summed E-state index contributed by atoms with van der Waals surface area (Å²) < 4.78 is 43.3. The van der Waals surface area contributed by atoms with Crippen molar-refractivity contribution in [1.29, 1.82) is 0 Å². The topological polar surface area (TPSA) is 145 Å². The van der Waals surface area contributed by atoms with Crippen LogP contribution >= 0.6 is 11.6 Å². The fraction of sp³-hybridized carbons (Fsp3) is 0.0526. The van der Waals surface area contributed by atoms with E-state index in [1.165, 1.54) is 10.7 Å². The van der Waals surface area contributed by atoms with Gasteiger partial charge >= 0.3 is 6.09 Å². The van der Waals surface area contributed by atoms with Gasteiger partial charge in [-0.25, -0.2) is 18.0 Å². The Morgan fingerprint density at radius 1 is 1.09 bits per heavy atom. The average Bonchev–Trinajstić information content (AvgIpc) is 3.08. The third kappa shape index (κ3) is 3.71. The lowest BCUT2D eigenvalue weighted by molar-refractivity contribution is 0.209. The summed E-state index contributed by atoms with van der Waals surface area (Å²) in [6.07, 6.45) is -1.82. The van der Waals surface area contributed by atoms with Gasteiger partial charge in [-0.05, 0) is 30.3 Å². The van der Waals surface area contributed by atoms with Crippen molar-refractivity contribution in [3.63, 3.8) is 0 Å². The number of anilines is 3. The second kappa shape index (κ2) is 7.89. The molecule has 0 atom stereocenters. The van der Waals surface area contributed by atoms with Crippen LogP contribution in [0.1, 0.15) is 11.3 Å². The number of benzene rings is 2. The fourth-order valence-corrected chi connectivity index (χ4v) is 3.32. The standard InChI is InChI=1S/C19H13ClF3N7O2/c20-7-1-4-13-9(5-7)12(6-8-10(21)2-3-11(22)14(8)23)29-30(13)18-27-16(24)15(17(25)28-18)26-19(31)32/h1-5,26H,6H2,(H,31,32)(H4,24,25,27,28). The van der Waals surface area contributed by atoms with Crippen LogP contribution in [-0.2, 0) is 6.42 Å². The van der Waals surface area contributed by atoms with Crippen LogP contribution in [0.4, 0.5) is 35.3 Å². The number of hydrogen-bond donors (Lipinski definition) is 4. The molecule has 4 aromatic rings. The van der Waals surface area contributed by atoms with E-state index in [1.54, 1.807) is 12.1 Å². The van der Waals surface area contributed by atoms with Gasteiger partial charge in [0.1, 0.15) is 11.5 Å². The van der Waals surface area contributed by atoms with Crippen LogP contribution in [0.3, 0.4) is 0 Å². The van der Waals surface area contributed by atoms with E-state index in [0.29, 0.717) is 22.0 Å². The van der Waals surface area contributed by atoms with Crippen LogP contribution in [0.25, 0.3) is 16.9 Å². The largest absolute Gasteiger partial charge is 0.465 e. The number of nitrogens with zero attached hydrogens (tertiary/aromatic N) is 4. The molecule has 164 valence electrons. The molecule has 6 N–H and O–H groups in total. The van der Waals surface area contributed by atoms with Crippen LogP contribution in [0, 0.1) is 17.5 Å². The minimum absolute atomic E-state index is 0.130. The molecular weight excluding hydrogens is 451 g/mol. The molecule has 0 aliphatic rings. The number of nitrogens with one attached hydrogen (secondary N) is 1. The average molecular weight is 464 g/mol. The zero-order chi connectivity index (χ0) is 23.2. The number of hydrogen-bond acceptors (Lipinski definition) is 6. The van der Waals surface area contributed by atoms with Gasteiger partial charge in [0.15, 0.2) is 23.3 Å². The van der Waals surface area contributed by atoms with Crippen molar-refractivity contribution in [2.75, 3.05) is 16.8 Å². The summed E-state index contributed by atoms with van der Waals surface area (Å²) >= 11 is 6.08. The summed E-state index contributed by atoms with van der Waals surface area (Å²) in [5, 5.41) is 15.9. The van der Waals surface area contributed by atoms with E-state index in [-0.39, 0.29) is 29.0 Å². The number of halogens is 4. The monoisotopic (exact) mass is 463 g/mol. The molecule has 0 radical (unpaired) electrons. The molecule has 2 aromatic heterocycles. The van der Waals surface area contributed by atoms with Crippen molar-refractivity contribution in [3.8, 4) is 5.95 Å². The van der Waals surface area contributed by atoms with Gasteiger partial charge in [-0.15, -0.1) is 0 Å². The molecule has 0 fully saturated rings. The summed E-state index contributed by atoms with van der Waals surface area (Å²) in [7, 11) is 0. The number of amides is 1. The lowest BCUT2D eigenvalue weighted by Crippen LogP contribution is -2.16. The SMILES string of the molecule is Nc1nc(-n2nc(Cc3c(F)ccc(F)c3F)c3cc(Cl)ccc32)nc(N)c1NC(=O)O. The molecule has 0 saturated carbocycles. The smallest absolute Gasteiger partial charge is 0.409 e. The third-order valence-corrected chi connectivity index (χ3v) is 4.81. The Balaban J connectivity index is 1.88. The van der Waals surface area contributed by atoms with Gasteiger partial charge < -0.3 is 16.6 Å². The first-order valence-corrected chi connectivity index (χ1v) is 9.26. The highest BCUT2D eigenvalue weighted by Crippen LogP contribution is 2.30. The van der Waals surface area contributed by atoms with E-state index in [2.05, 4.69) is 15.1 Å². The summed E-state index contributed by atoms with van der Waals surface area (Å²) in [5.41, 5.74) is 11.4. The predicted octanol–water partition coefficient (Wildman–Crippen LogP) is 3.73. The first-order valence-electron chi connectivity index (χ1n) is 8.88. The Hall–Kier alpha value is -4.06. The number of aromatic nitrogens is 4. The number of fused-ring (bicyclic) bond motifs is 1. The molecule has 0 aliphatic heterocycles. The zero-order valence-corrected chi connectivity index (χ0v) is 16.7. The van der Waals surface area contributed by atoms with Crippen molar-refractivity contribution in [2.24, 2.45) is 0 Å². The molecule has 4 rings (SSSR count). The molecule has 9 nitrogen and oxygen atoms in total. The fourth-order valence-electron chi connectivity index (χ4n) is 3.15. The number of nitrogens with two attached hydrogens (primary N) is 2. The Kier molecular flexibility index (Phi) is 5.22. The Labute approximate surface area is 182 Å². The molecule has 0 saturated heterocycles. The van der Waals surface area contributed by atoms with Crippen molar-refractivity contribution in [2.45, 2.75) is 6.42 Å². The van der Waals surface area contributed by atoms with Crippen LogP contribution in [0.15, 0.2) is 30.3 Å². The van der Waals surface area contributed by atoms with E-state index in [0.717, 1.165) is 6.07 Å². The molecule has 0 bridgehead atoms. The van der Waals surface area contributed by atoms with Crippen molar-refractivity contribution in [3.05, 3.63) is 64.1 Å². The molecule has 0 aliphatic carbocycles. The van der Waals surface area contributed by atoms with Gasteiger partial charge in [0.25, 0.3) is 5.95 Å². The molecule has 0 unspecified atom stereocenters. The maximum absolute atomic E-state index is 14.2. The number of rotatable bonds is 4. The van der Waals surface area contributed by atoms with Crippen molar-refractivity contribution < 1.29 is 23.1 Å². The zero-order valence-electron chi connectivity index (χ0n) is 15.9. The van der Waals surface area contributed by atoms with Gasteiger partial charge in [-0.2, -0.15) is 19.7 Å². The van der Waals surface area contributed by atoms with E-state index in [1.807, 2.05) is 5.32 Å². The lowest BCUT2D eigenvalue weighted by atomic mass is 10.1. The quantitative estimate of drug-likeness (QED) is 0.337. The van der Waals surface area contributed by atoms with E-state index < -0.39 is 35.5 Å². The second-order valence-corrected chi connectivity index (χ2v) is 7.05. The van der Waals surface area contributed by atoms with Gasteiger partial charge in [-0.1, -0.05) is 11.6 Å². The van der Waals surface area contributed by atoms with E-state index >= 15 is 0 Å². The molecule has 2 heterocycles. The minimum atomic E-state index is -1.42. The van der Waals surface area contributed by atoms with Crippen LogP contribution in [-0.4, -0.2) is 30.9 Å². The maximum Gasteiger partial charge on any atom is 0.409 e. The van der Waals surface area contributed by atoms with Crippen LogP contribution in [0.2, 0.25) is 5.02 Å². The highest BCUT2D eigenvalue weighted by molar-refractivity contribution is 6.31. The van der Waals surface area contributed by atoms with Gasteiger partial charge in [0.05, 0.1) is 11.2 Å². The molecule has 1 amide bonds. The summed E-state index contributed by atoms with van der Waals surface area (Å²) in [5.74, 6) is -4.14. The summed E-state index contributed by atoms with van der Waals surface area (Å²) in [4.78, 5) is 18.9. The number of carboxylic acid groups (broad SMARTS) is 1. The number of nitrogen functional groups attached to an aromatic ring is 2. The third-order valence-electron chi connectivity index (χ3n) is 4.58. The van der Waals surface area contributed by atoms with Gasteiger partial charge in [0.2, 0.25) is 0 Å². The molecule has 0 spiro atoms. The van der Waals surface area contributed by atoms with Crippen molar-refractivity contribution in [1.82, 2.24) is 19.7 Å². The number of carbonyl (C=O) groups is 1. The maximum atomic E-state index is 14.2. The highest BCUT2D eigenvalue weighted by Gasteiger charge is 2.21. The Bertz CT molecular complexity index is 1370. The van der Waals surface area contributed by atoms with Gasteiger partial charge in [-0.3, -0.25) is 5.32 Å². The highest BCUT2D eigenvalue weighted by atomic mass is 35.5. The second-order valence-electron chi connectivity index (χ2n) is 6.62. The van der Waals surface area contributed by atoms with Crippen LogP contribution < -0.4 is 16.8 Å².